The zero-order valence-corrected chi connectivity index (χ0v) is 21.6. The first-order chi connectivity index (χ1) is 18.5. The number of nitrogens with zero attached hydrogens (tertiary/aromatic N) is 6. The minimum Gasteiger partial charge on any atom is -0.281 e. The van der Waals surface area contributed by atoms with Gasteiger partial charge in [-0.05, 0) is 24.3 Å². The molecule has 0 aliphatic carbocycles. The lowest BCUT2D eigenvalue weighted by atomic mass is 9.99. The van der Waals surface area contributed by atoms with Crippen LogP contribution in [0.4, 0.5) is 11.4 Å². The van der Waals surface area contributed by atoms with E-state index in [9.17, 15) is 19.2 Å². The number of hydrogen-bond donors (Lipinski definition) is 0. The highest BCUT2D eigenvalue weighted by Gasteiger charge is 2.60. The third-order valence-electron chi connectivity index (χ3n) is 7.74. The quantitative estimate of drug-likeness (QED) is 0.528. The lowest BCUT2D eigenvalue weighted by Crippen LogP contribution is -2.36. The molecule has 2 aromatic carbocycles. The largest absolute Gasteiger partial charge is 0.281 e. The minimum atomic E-state index is -0.264. The maximum absolute atomic E-state index is 12.6. The Bertz CT molecular complexity index is 1280. The van der Waals surface area contributed by atoms with Crippen molar-refractivity contribution in [1.82, 2.24) is 10.0 Å². The third-order valence-corrected chi connectivity index (χ3v) is 9.81. The fourth-order valence-corrected chi connectivity index (χ4v) is 8.12. The number of hydrazone groups is 2. The second kappa shape index (κ2) is 8.98. The van der Waals surface area contributed by atoms with Gasteiger partial charge in [0.2, 0.25) is 23.6 Å². The van der Waals surface area contributed by atoms with Crippen molar-refractivity contribution in [3.63, 3.8) is 0 Å². The van der Waals surface area contributed by atoms with Crippen LogP contribution in [0.25, 0.3) is 0 Å². The van der Waals surface area contributed by atoms with E-state index in [-0.39, 0.29) is 58.0 Å². The molecular weight excluding hydrogens is 524 g/mol. The first-order valence-corrected chi connectivity index (χ1v) is 14.2. The molecule has 6 heterocycles. The highest BCUT2D eigenvalue weighted by molar-refractivity contribution is 8.13. The molecule has 0 aromatic heterocycles. The average molecular weight is 547 g/mol. The summed E-state index contributed by atoms with van der Waals surface area (Å²) in [4.78, 5) is 52.7. The van der Waals surface area contributed by atoms with Crippen molar-refractivity contribution in [3.8, 4) is 0 Å². The van der Waals surface area contributed by atoms with Gasteiger partial charge in [0.05, 0.1) is 46.1 Å². The second-order valence-electron chi connectivity index (χ2n) is 9.70. The Labute approximate surface area is 226 Å². The monoisotopic (exact) mass is 546 g/mol. The van der Waals surface area contributed by atoms with Crippen LogP contribution in [0.2, 0.25) is 0 Å². The van der Waals surface area contributed by atoms with Crippen molar-refractivity contribution in [2.75, 3.05) is 22.9 Å². The van der Waals surface area contributed by atoms with Crippen LogP contribution in [0, 0.1) is 23.7 Å². The second-order valence-corrected chi connectivity index (χ2v) is 11.6. The number of para-hydroxylation sites is 2. The fraction of sp³-hybridized carbons (Fsp3) is 0.308. The van der Waals surface area contributed by atoms with Crippen LogP contribution >= 0.6 is 23.5 Å². The van der Waals surface area contributed by atoms with E-state index in [0.29, 0.717) is 24.5 Å². The molecule has 4 amide bonds. The van der Waals surface area contributed by atoms with Gasteiger partial charge >= 0.3 is 0 Å². The van der Waals surface area contributed by atoms with Gasteiger partial charge in [0, 0.05) is 13.1 Å². The minimum absolute atomic E-state index is 0.00448. The molecule has 12 heteroatoms. The molecule has 10 nitrogen and oxygen atoms in total. The van der Waals surface area contributed by atoms with Crippen LogP contribution in [-0.4, -0.2) is 68.6 Å². The molecular formula is C26H22N6O4S2. The molecule has 0 spiro atoms. The molecule has 6 atom stereocenters. The maximum atomic E-state index is 12.6. The standard InChI is InChI=1S/2C13H11N3O2S/c2*17-11-9-6-15-13(19-7-14-15)10(9)12(18)16(11)8-4-2-1-3-5-8/h2*1-5,7,9-10,13H,6H2/t2*9-,10+,13-/m00/s1. The van der Waals surface area contributed by atoms with Gasteiger partial charge < -0.3 is 0 Å². The summed E-state index contributed by atoms with van der Waals surface area (Å²) in [6.45, 7) is 1.10. The van der Waals surface area contributed by atoms with E-state index in [1.54, 1.807) is 35.4 Å². The van der Waals surface area contributed by atoms with E-state index in [1.807, 2.05) is 46.4 Å². The summed E-state index contributed by atoms with van der Waals surface area (Å²) in [5.41, 5.74) is 4.85. The van der Waals surface area contributed by atoms with Gasteiger partial charge in [-0.2, -0.15) is 10.2 Å². The number of anilines is 2. The van der Waals surface area contributed by atoms with E-state index < -0.39 is 0 Å². The predicted octanol–water partition coefficient (Wildman–Crippen LogP) is 2.25. The molecule has 0 bridgehead atoms. The Hall–Kier alpha value is -3.64. The number of thioether (sulfide) groups is 2. The van der Waals surface area contributed by atoms with Gasteiger partial charge in [-0.25, -0.2) is 9.80 Å². The summed E-state index contributed by atoms with van der Waals surface area (Å²) in [5, 5.41) is 12.1. The molecule has 2 aromatic rings. The van der Waals surface area contributed by atoms with E-state index in [4.69, 9.17) is 0 Å². The van der Waals surface area contributed by atoms with Crippen molar-refractivity contribution >= 4 is 69.6 Å². The SMILES string of the molecule is O=C1[C@H]2[C@H](CN3N=CS[C@@H]23)C(=O)N1c1ccccc1.O=C1[C@H]2[C@H](CN3N=CS[C@@H]23)C(=O)N1c1ccccc1. The number of carbonyl (C=O) groups is 4. The summed E-state index contributed by atoms with van der Waals surface area (Å²) in [5.74, 6) is -1.39. The topological polar surface area (TPSA) is 106 Å². The van der Waals surface area contributed by atoms with Crippen LogP contribution in [0.3, 0.4) is 0 Å². The maximum Gasteiger partial charge on any atom is 0.240 e. The number of imide groups is 2. The Morgan fingerprint density at radius 3 is 1.37 bits per heavy atom. The van der Waals surface area contributed by atoms with Crippen molar-refractivity contribution in [1.29, 1.82) is 0 Å². The van der Waals surface area contributed by atoms with E-state index in [0.717, 1.165) is 0 Å². The Morgan fingerprint density at radius 1 is 0.579 bits per heavy atom. The highest BCUT2D eigenvalue weighted by Crippen LogP contribution is 2.47. The summed E-state index contributed by atoms with van der Waals surface area (Å²) in [7, 11) is 0. The van der Waals surface area contributed by atoms with Gasteiger partial charge in [0.15, 0.2) is 0 Å². The number of rotatable bonds is 2. The van der Waals surface area contributed by atoms with Crippen molar-refractivity contribution in [2.45, 2.75) is 10.7 Å². The van der Waals surface area contributed by atoms with Crippen LogP contribution in [-0.2, 0) is 19.2 Å². The molecule has 0 N–H and O–H groups in total. The summed E-state index contributed by atoms with van der Waals surface area (Å²) < 4.78 is 0. The van der Waals surface area contributed by atoms with Gasteiger partial charge in [-0.15, -0.1) is 0 Å². The molecule has 0 radical (unpaired) electrons. The predicted molar refractivity (Wildman–Crippen MR) is 145 cm³/mol. The molecule has 192 valence electrons. The molecule has 0 unspecified atom stereocenters. The first-order valence-electron chi connectivity index (χ1n) is 12.3. The number of benzene rings is 2. The molecule has 8 rings (SSSR count). The highest BCUT2D eigenvalue weighted by atomic mass is 32.2. The number of fused-ring (bicyclic) bond motifs is 6. The molecule has 0 saturated carbocycles. The summed E-state index contributed by atoms with van der Waals surface area (Å²) in [6, 6.07) is 18.3. The molecule has 38 heavy (non-hydrogen) atoms. The van der Waals surface area contributed by atoms with Crippen LogP contribution in [0.1, 0.15) is 0 Å². The Morgan fingerprint density at radius 2 is 0.974 bits per heavy atom. The lowest BCUT2D eigenvalue weighted by molar-refractivity contribution is -0.124. The van der Waals surface area contributed by atoms with Crippen LogP contribution < -0.4 is 9.80 Å². The van der Waals surface area contributed by atoms with Gasteiger partial charge in [0.25, 0.3) is 0 Å². The Kier molecular flexibility index (Phi) is 5.55. The Balaban J connectivity index is 0.000000127. The van der Waals surface area contributed by atoms with Gasteiger partial charge in [0.1, 0.15) is 10.7 Å². The molecule has 4 saturated heterocycles. The van der Waals surface area contributed by atoms with Crippen LogP contribution in [0.5, 0.6) is 0 Å². The van der Waals surface area contributed by atoms with Crippen molar-refractivity contribution in [2.24, 2.45) is 33.9 Å². The summed E-state index contributed by atoms with van der Waals surface area (Å²) >= 11 is 3.05. The number of amides is 4. The number of hydrogen-bond acceptors (Lipinski definition) is 10. The van der Waals surface area contributed by atoms with Gasteiger partial charge in [-0.3, -0.25) is 29.2 Å². The number of carbonyl (C=O) groups excluding carboxylic acids is 4. The zero-order chi connectivity index (χ0) is 26.0. The summed E-state index contributed by atoms with van der Waals surface area (Å²) in [6.07, 6.45) is 0. The van der Waals surface area contributed by atoms with E-state index in [2.05, 4.69) is 10.2 Å². The first kappa shape index (κ1) is 23.5. The normalized spacial score (nSPS) is 32.1. The van der Waals surface area contributed by atoms with E-state index in [1.165, 1.54) is 33.3 Å². The molecule has 4 fully saturated rings. The lowest BCUT2D eigenvalue weighted by Gasteiger charge is -2.20. The molecule has 6 aliphatic rings. The fourth-order valence-electron chi connectivity index (χ4n) is 6.00. The third kappa shape index (κ3) is 3.43. The van der Waals surface area contributed by atoms with Crippen molar-refractivity contribution in [3.05, 3.63) is 60.7 Å². The zero-order valence-electron chi connectivity index (χ0n) is 19.9. The average Bonchev–Trinajstić information content (AvgIpc) is 3.74. The van der Waals surface area contributed by atoms with Gasteiger partial charge in [-0.1, -0.05) is 59.9 Å². The van der Waals surface area contributed by atoms with Crippen LogP contribution in [0.15, 0.2) is 70.9 Å². The molecule has 6 aliphatic heterocycles. The van der Waals surface area contributed by atoms with Crippen molar-refractivity contribution < 1.29 is 19.2 Å². The van der Waals surface area contributed by atoms with E-state index >= 15 is 0 Å². The smallest absolute Gasteiger partial charge is 0.240 e.